The van der Waals surface area contributed by atoms with Crippen LogP contribution in [-0.4, -0.2) is 56.8 Å². The van der Waals surface area contributed by atoms with E-state index in [9.17, 15) is 5.11 Å². The lowest BCUT2D eigenvalue weighted by molar-refractivity contribution is 0.218. The zero-order chi connectivity index (χ0) is 23.2. The van der Waals surface area contributed by atoms with Crippen LogP contribution in [0.4, 0.5) is 0 Å². The van der Waals surface area contributed by atoms with Gasteiger partial charge in [-0.05, 0) is 50.2 Å². The van der Waals surface area contributed by atoms with Crippen molar-refractivity contribution >= 4 is 22.5 Å². The largest absolute Gasteiger partial charge is 0.494 e. The molecule has 0 aliphatic carbocycles. The second kappa shape index (κ2) is 11.0. The smallest absolute Gasteiger partial charge is 0.247 e. The van der Waals surface area contributed by atoms with Crippen molar-refractivity contribution in [2.45, 2.75) is 31.6 Å². The predicted molar refractivity (Wildman–Crippen MR) is 135 cm³/mol. The molecule has 2 aromatic carbocycles. The summed E-state index contributed by atoms with van der Waals surface area (Å²) in [6.45, 7) is 4.68. The molecule has 4 aromatic rings. The zero-order valence-electron chi connectivity index (χ0n) is 19.2. The number of piperidine rings is 1. The molecular weight excluding hydrogens is 448 g/mol. The number of ether oxygens (including phenoxy) is 1. The molecule has 0 radical (unpaired) electrons. The van der Waals surface area contributed by atoms with Crippen molar-refractivity contribution in [3.8, 4) is 23.1 Å². The van der Waals surface area contributed by atoms with Gasteiger partial charge in [-0.2, -0.15) is 0 Å². The molecule has 0 spiro atoms. The van der Waals surface area contributed by atoms with Crippen LogP contribution in [0.15, 0.2) is 59.1 Å². The fourth-order valence-corrected chi connectivity index (χ4v) is 4.94. The van der Waals surface area contributed by atoms with Crippen LogP contribution in [0.25, 0.3) is 22.2 Å². The van der Waals surface area contributed by atoms with Crippen LogP contribution in [0, 0.1) is 0 Å². The summed E-state index contributed by atoms with van der Waals surface area (Å²) < 4.78 is 13.5. The van der Waals surface area contributed by atoms with Gasteiger partial charge in [-0.15, -0.1) is 22.0 Å². The fraction of sp³-hybridized carbons (Fsp3) is 0.385. The number of benzene rings is 2. The van der Waals surface area contributed by atoms with Gasteiger partial charge in [0.25, 0.3) is 0 Å². The molecule has 34 heavy (non-hydrogen) atoms. The van der Waals surface area contributed by atoms with Crippen molar-refractivity contribution in [2.75, 3.05) is 32.0 Å². The Hall–Kier alpha value is -2.97. The van der Waals surface area contributed by atoms with Gasteiger partial charge in [0.1, 0.15) is 5.75 Å². The van der Waals surface area contributed by atoms with E-state index in [0.29, 0.717) is 30.0 Å². The molecule has 178 valence electrons. The van der Waals surface area contributed by atoms with Crippen LogP contribution in [0.2, 0.25) is 0 Å². The molecule has 1 aliphatic rings. The van der Waals surface area contributed by atoms with Crippen molar-refractivity contribution in [2.24, 2.45) is 0 Å². The van der Waals surface area contributed by atoms with Gasteiger partial charge >= 0.3 is 0 Å². The van der Waals surface area contributed by atoms with E-state index < -0.39 is 0 Å². The Bertz CT molecular complexity index is 1200. The highest BCUT2D eigenvalue weighted by molar-refractivity contribution is 7.98. The molecule has 7 nitrogen and oxygen atoms in total. The van der Waals surface area contributed by atoms with Gasteiger partial charge in [-0.1, -0.05) is 30.7 Å². The Morgan fingerprint density at radius 3 is 2.71 bits per heavy atom. The highest BCUT2D eigenvalue weighted by atomic mass is 32.2. The third-order valence-electron chi connectivity index (χ3n) is 6.15. The van der Waals surface area contributed by atoms with Crippen molar-refractivity contribution in [1.82, 2.24) is 19.7 Å². The SMILES string of the molecule is Oc1c2cc(-c3nnc(CSCCOc4ccccc4)o3)ccc2cn1CCN1CCCCC1. The summed E-state index contributed by atoms with van der Waals surface area (Å²) >= 11 is 1.69. The molecule has 1 saturated heterocycles. The first-order valence-electron chi connectivity index (χ1n) is 11.9. The average Bonchev–Trinajstić information content (AvgIpc) is 3.48. The molecule has 0 bridgehead atoms. The van der Waals surface area contributed by atoms with Crippen molar-refractivity contribution in [1.29, 1.82) is 0 Å². The van der Waals surface area contributed by atoms with E-state index in [1.165, 1.54) is 19.3 Å². The predicted octanol–water partition coefficient (Wildman–Crippen LogP) is 5.20. The molecule has 0 unspecified atom stereocenters. The minimum absolute atomic E-state index is 0.294. The maximum atomic E-state index is 10.8. The summed E-state index contributed by atoms with van der Waals surface area (Å²) in [5, 5.41) is 21.0. The lowest BCUT2D eigenvalue weighted by Gasteiger charge is -2.26. The molecule has 3 heterocycles. The van der Waals surface area contributed by atoms with E-state index in [1.54, 1.807) is 11.8 Å². The second-order valence-electron chi connectivity index (χ2n) is 8.57. The minimum Gasteiger partial charge on any atom is -0.494 e. The summed E-state index contributed by atoms with van der Waals surface area (Å²) in [5.41, 5.74) is 0.813. The van der Waals surface area contributed by atoms with Gasteiger partial charge in [0.05, 0.1) is 12.4 Å². The second-order valence-corrected chi connectivity index (χ2v) is 9.67. The van der Waals surface area contributed by atoms with Crippen LogP contribution in [0.3, 0.4) is 0 Å². The van der Waals surface area contributed by atoms with Crippen LogP contribution in [-0.2, 0) is 12.3 Å². The van der Waals surface area contributed by atoms with E-state index >= 15 is 0 Å². The third kappa shape index (κ3) is 5.56. The standard InChI is InChI=1S/C26H30N4O3S/c31-26-23-17-20(9-10-21(23)18-30(26)14-13-29-11-5-2-6-12-29)25-28-27-24(33-25)19-34-16-15-32-22-7-3-1-4-8-22/h1,3-4,7-10,17-18,31H,2,5-6,11-16,19H2. The summed E-state index contributed by atoms with van der Waals surface area (Å²) in [6.07, 6.45) is 5.90. The van der Waals surface area contributed by atoms with Gasteiger partial charge < -0.3 is 23.7 Å². The van der Waals surface area contributed by atoms with Crippen molar-refractivity contribution in [3.05, 3.63) is 60.6 Å². The summed E-state index contributed by atoms with van der Waals surface area (Å²) in [4.78, 5) is 2.48. The van der Waals surface area contributed by atoms with E-state index in [0.717, 1.165) is 54.0 Å². The lowest BCUT2D eigenvalue weighted by Crippen LogP contribution is -2.32. The molecule has 0 atom stereocenters. The third-order valence-corrected chi connectivity index (χ3v) is 7.05. The van der Waals surface area contributed by atoms with Crippen LogP contribution >= 0.6 is 11.8 Å². The number of fused-ring (bicyclic) bond motifs is 1. The van der Waals surface area contributed by atoms with Gasteiger partial charge in [0.2, 0.25) is 11.8 Å². The Morgan fingerprint density at radius 1 is 1.00 bits per heavy atom. The number of aromatic hydroxyl groups is 1. The Labute approximate surface area is 203 Å². The van der Waals surface area contributed by atoms with Gasteiger partial charge in [0, 0.05) is 41.4 Å². The number of likely N-dealkylation sites (tertiary alicyclic amines) is 1. The van der Waals surface area contributed by atoms with Crippen LogP contribution in [0.5, 0.6) is 11.6 Å². The van der Waals surface area contributed by atoms with Crippen molar-refractivity contribution < 1.29 is 14.3 Å². The van der Waals surface area contributed by atoms with Gasteiger partial charge in [-0.25, -0.2) is 0 Å². The first-order valence-corrected chi connectivity index (χ1v) is 13.0. The van der Waals surface area contributed by atoms with Gasteiger partial charge in [-0.3, -0.25) is 0 Å². The van der Waals surface area contributed by atoms with Crippen LogP contribution in [0.1, 0.15) is 25.2 Å². The number of nitrogens with zero attached hydrogens (tertiary/aromatic N) is 4. The molecule has 2 aromatic heterocycles. The molecule has 5 rings (SSSR count). The highest BCUT2D eigenvalue weighted by Gasteiger charge is 2.15. The number of aromatic nitrogens is 3. The molecule has 0 saturated carbocycles. The van der Waals surface area contributed by atoms with E-state index in [2.05, 4.69) is 15.1 Å². The number of hydrogen-bond acceptors (Lipinski definition) is 7. The van der Waals surface area contributed by atoms with E-state index in [4.69, 9.17) is 9.15 Å². The maximum absolute atomic E-state index is 10.8. The monoisotopic (exact) mass is 478 g/mol. The zero-order valence-corrected chi connectivity index (χ0v) is 20.0. The minimum atomic E-state index is 0.294. The topological polar surface area (TPSA) is 76.5 Å². The molecule has 1 aliphatic heterocycles. The number of rotatable bonds is 10. The van der Waals surface area contributed by atoms with E-state index in [-0.39, 0.29) is 0 Å². The molecule has 0 amide bonds. The summed E-state index contributed by atoms with van der Waals surface area (Å²) in [5.74, 6) is 3.69. The molecule has 1 N–H and O–H groups in total. The summed E-state index contributed by atoms with van der Waals surface area (Å²) in [7, 11) is 0. The molecule has 8 heteroatoms. The summed E-state index contributed by atoms with van der Waals surface area (Å²) in [6, 6.07) is 15.7. The normalized spacial score (nSPS) is 14.6. The lowest BCUT2D eigenvalue weighted by atomic mass is 10.1. The Morgan fingerprint density at radius 2 is 1.85 bits per heavy atom. The van der Waals surface area contributed by atoms with Gasteiger partial charge in [0.15, 0.2) is 5.88 Å². The van der Waals surface area contributed by atoms with Crippen LogP contribution < -0.4 is 4.74 Å². The van der Waals surface area contributed by atoms with Crippen molar-refractivity contribution in [3.63, 3.8) is 0 Å². The average molecular weight is 479 g/mol. The highest BCUT2D eigenvalue weighted by Crippen LogP contribution is 2.31. The molecular formula is C26H30N4O3S. The Kier molecular flexibility index (Phi) is 7.36. The Balaban J connectivity index is 1.16. The number of thioether (sulfide) groups is 1. The maximum Gasteiger partial charge on any atom is 0.247 e. The first-order chi connectivity index (χ1) is 16.8. The van der Waals surface area contributed by atoms with E-state index in [1.807, 2.05) is 59.3 Å². The molecule has 1 fully saturated rings. The number of para-hydroxylation sites is 1. The quantitative estimate of drug-likeness (QED) is 0.314. The fourth-order valence-electron chi connectivity index (χ4n) is 4.31. The first kappa shape index (κ1) is 22.8. The number of hydrogen-bond donors (Lipinski definition) is 1.